The average Bonchev–Trinajstić information content (AvgIpc) is 2.62. The molecule has 0 saturated heterocycles. The Bertz CT molecular complexity index is 608. The summed E-state index contributed by atoms with van der Waals surface area (Å²) in [5.41, 5.74) is 3.14. The van der Waals surface area contributed by atoms with E-state index in [0.29, 0.717) is 10.7 Å². The molecule has 1 aromatic carbocycles. The van der Waals surface area contributed by atoms with Gasteiger partial charge in [0, 0.05) is 12.6 Å². The second kappa shape index (κ2) is 5.23. The number of aromatic nitrogens is 2. The first kappa shape index (κ1) is 13.9. The number of benzene rings is 1. The number of halogens is 1. The van der Waals surface area contributed by atoms with Crippen LogP contribution in [-0.2, 0) is 7.05 Å². The highest BCUT2D eigenvalue weighted by Gasteiger charge is 2.22. The summed E-state index contributed by atoms with van der Waals surface area (Å²) in [7, 11) is 3.37. The van der Waals surface area contributed by atoms with Gasteiger partial charge in [-0.15, -0.1) is 0 Å². The van der Waals surface area contributed by atoms with Crippen LogP contribution in [0, 0.1) is 13.8 Å². The van der Waals surface area contributed by atoms with Gasteiger partial charge in [-0.1, -0.05) is 17.7 Å². The zero-order chi connectivity index (χ0) is 14.2. The molecule has 0 aliphatic rings. The van der Waals surface area contributed by atoms with Gasteiger partial charge in [0.25, 0.3) is 0 Å². The van der Waals surface area contributed by atoms with E-state index in [9.17, 15) is 5.11 Å². The van der Waals surface area contributed by atoms with E-state index >= 15 is 0 Å². The number of nitrogens with zero attached hydrogens (tertiary/aromatic N) is 2. The average molecular weight is 281 g/mol. The molecule has 0 bridgehead atoms. The van der Waals surface area contributed by atoms with Gasteiger partial charge in [-0.25, -0.2) is 0 Å². The van der Waals surface area contributed by atoms with Crippen LogP contribution in [0.1, 0.15) is 28.5 Å². The molecule has 0 radical (unpaired) electrons. The third-order valence-corrected chi connectivity index (χ3v) is 3.69. The number of methoxy groups -OCH3 is 1. The minimum atomic E-state index is -0.785. The first-order valence-corrected chi connectivity index (χ1v) is 6.35. The van der Waals surface area contributed by atoms with E-state index in [4.69, 9.17) is 16.3 Å². The number of ether oxygens (including phenoxy) is 1. The minimum Gasteiger partial charge on any atom is -0.497 e. The second-order valence-corrected chi connectivity index (χ2v) is 4.90. The van der Waals surface area contributed by atoms with E-state index in [2.05, 4.69) is 5.10 Å². The number of hydrogen-bond donors (Lipinski definition) is 1. The van der Waals surface area contributed by atoms with Crippen LogP contribution in [0.3, 0.4) is 0 Å². The molecule has 0 fully saturated rings. The van der Waals surface area contributed by atoms with Gasteiger partial charge in [0.1, 0.15) is 17.0 Å². The maximum Gasteiger partial charge on any atom is 0.133 e. The quantitative estimate of drug-likeness (QED) is 0.940. The van der Waals surface area contributed by atoms with Gasteiger partial charge in [-0.05, 0) is 37.1 Å². The van der Waals surface area contributed by atoms with Gasteiger partial charge < -0.3 is 9.84 Å². The molecule has 0 amide bonds. The summed E-state index contributed by atoms with van der Waals surface area (Å²) in [6, 6.07) is 5.56. The monoisotopic (exact) mass is 280 g/mol. The Morgan fingerprint density at radius 1 is 1.37 bits per heavy atom. The van der Waals surface area contributed by atoms with E-state index in [1.54, 1.807) is 18.8 Å². The smallest absolute Gasteiger partial charge is 0.133 e. The Labute approximate surface area is 117 Å². The molecule has 2 rings (SSSR count). The summed E-state index contributed by atoms with van der Waals surface area (Å²) in [5, 5.41) is 15.2. The zero-order valence-corrected chi connectivity index (χ0v) is 12.2. The van der Waals surface area contributed by atoms with Crippen LogP contribution in [-0.4, -0.2) is 22.0 Å². The van der Waals surface area contributed by atoms with Crippen molar-refractivity contribution in [2.75, 3.05) is 7.11 Å². The van der Waals surface area contributed by atoms with Crippen molar-refractivity contribution in [2.24, 2.45) is 7.05 Å². The van der Waals surface area contributed by atoms with Crippen LogP contribution < -0.4 is 4.74 Å². The molecule has 4 nitrogen and oxygen atoms in total. The fourth-order valence-electron chi connectivity index (χ4n) is 2.19. The van der Waals surface area contributed by atoms with Crippen LogP contribution in [0.25, 0.3) is 0 Å². The lowest BCUT2D eigenvalue weighted by molar-refractivity contribution is 0.218. The lowest BCUT2D eigenvalue weighted by Crippen LogP contribution is -2.04. The zero-order valence-electron chi connectivity index (χ0n) is 11.4. The van der Waals surface area contributed by atoms with Crippen molar-refractivity contribution in [3.63, 3.8) is 0 Å². The van der Waals surface area contributed by atoms with E-state index in [-0.39, 0.29) is 0 Å². The summed E-state index contributed by atoms with van der Waals surface area (Å²) in [6.07, 6.45) is -0.785. The van der Waals surface area contributed by atoms with E-state index in [1.165, 1.54) is 0 Å². The Balaban J connectivity index is 2.47. The van der Waals surface area contributed by atoms with Crippen LogP contribution in [0.4, 0.5) is 0 Å². The molecule has 1 atom stereocenters. The van der Waals surface area contributed by atoms with Gasteiger partial charge in [-0.3, -0.25) is 4.68 Å². The minimum absolute atomic E-state index is 0.459. The molecule has 19 heavy (non-hydrogen) atoms. The van der Waals surface area contributed by atoms with Crippen molar-refractivity contribution in [3.8, 4) is 5.75 Å². The van der Waals surface area contributed by atoms with E-state index in [1.807, 2.05) is 32.0 Å². The van der Waals surface area contributed by atoms with Crippen LogP contribution >= 0.6 is 11.6 Å². The number of aliphatic hydroxyl groups is 1. The van der Waals surface area contributed by atoms with Crippen LogP contribution in [0.5, 0.6) is 5.75 Å². The molecule has 0 spiro atoms. The highest BCUT2D eigenvalue weighted by molar-refractivity contribution is 6.30. The summed E-state index contributed by atoms with van der Waals surface area (Å²) < 4.78 is 6.73. The first-order valence-electron chi connectivity index (χ1n) is 5.97. The standard InChI is InChI=1S/C14H17ClN2O2/c1-8-7-10(19-4)5-6-11(8)13(18)12-9(2)16-17(3)14(12)15/h5-7,13,18H,1-4H3. The first-order chi connectivity index (χ1) is 8.95. The predicted octanol–water partition coefficient (Wildman–Crippen LogP) is 2.78. The fourth-order valence-corrected chi connectivity index (χ4v) is 2.47. The fraction of sp³-hybridized carbons (Fsp3) is 0.357. The molecule has 1 unspecified atom stereocenters. The number of aliphatic hydroxyl groups excluding tert-OH is 1. The summed E-state index contributed by atoms with van der Waals surface area (Å²) in [6.45, 7) is 3.77. The Hall–Kier alpha value is -1.52. The molecular formula is C14H17ClN2O2. The molecule has 1 heterocycles. The van der Waals surface area contributed by atoms with E-state index < -0.39 is 6.10 Å². The van der Waals surface area contributed by atoms with Crippen molar-refractivity contribution >= 4 is 11.6 Å². The maximum atomic E-state index is 10.5. The molecule has 0 aliphatic carbocycles. The lowest BCUT2D eigenvalue weighted by Gasteiger charge is -2.15. The number of hydrogen-bond acceptors (Lipinski definition) is 3. The normalized spacial score (nSPS) is 12.5. The summed E-state index contributed by atoms with van der Waals surface area (Å²) in [4.78, 5) is 0. The molecule has 5 heteroatoms. The molecule has 0 saturated carbocycles. The third kappa shape index (κ3) is 2.46. The Morgan fingerprint density at radius 2 is 2.05 bits per heavy atom. The highest BCUT2D eigenvalue weighted by Crippen LogP contribution is 2.33. The van der Waals surface area contributed by atoms with Crippen molar-refractivity contribution in [1.82, 2.24) is 9.78 Å². The third-order valence-electron chi connectivity index (χ3n) is 3.24. The van der Waals surface area contributed by atoms with Gasteiger partial charge in [0.2, 0.25) is 0 Å². The Kier molecular flexibility index (Phi) is 3.83. The maximum absolute atomic E-state index is 10.5. The van der Waals surface area contributed by atoms with Crippen LogP contribution in [0.15, 0.2) is 18.2 Å². The van der Waals surface area contributed by atoms with Gasteiger partial charge >= 0.3 is 0 Å². The number of rotatable bonds is 3. The lowest BCUT2D eigenvalue weighted by atomic mass is 9.98. The van der Waals surface area contributed by atoms with Gasteiger partial charge in [-0.2, -0.15) is 5.10 Å². The summed E-state index contributed by atoms with van der Waals surface area (Å²) >= 11 is 6.19. The second-order valence-electron chi connectivity index (χ2n) is 4.54. The largest absolute Gasteiger partial charge is 0.497 e. The molecule has 2 aromatic rings. The molecular weight excluding hydrogens is 264 g/mol. The molecule has 0 aliphatic heterocycles. The molecule has 1 N–H and O–H groups in total. The van der Waals surface area contributed by atoms with Crippen molar-refractivity contribution in [3.05, 3.63) is 45.7 Å². The van der Waals surface area contributed by atoms with Crippen molar-refractivity contribution < 1.29 is 9.84 Å². The molecule has 102 valence electrons. The van der Waals surface area contributed by atoms with Crippen LogP contribution in [0.2, 0.25) is 5.15 Å². The topological polar surface area (TPSA) is 47.3 Å². The highest BCUT2D eigenvalue weighted by atomic mass is 35.5. The number of aryl methyl sites for hydroxylation is 3. The summed E-state index contributed by atoms with van der Waals surface area (Å²) in [5.74, 6) is 0.766. The van der Waals surface area contributed by atoms with Crippen molar-refractivity contribution in [1.29, 1.82) is 0 Å². The van der Waals surface area contributed by atoms with Gasteiger partial charge in [0.05, 0.1) is 12.8 Å². The van der Waals surface area contributed by atoms with E-state index in [0.717, 1.165) is 22.6 Å². The SMILES string of the molecule is COc1ccc(C(O)c2c(C)nn(C)c2Cl)c(C)c1. The van der Waals surface area contributed by atoms with Gasteiger partial charge in [0.15, 0.2) is 0 Å². The molecule has 1 aromatic heterocycles. The predicted molar refractivity (Wildman–Crippen MR) is 74.7 cm³/mol. The Morgan fingerprint density at radius 3 is 2.53 bits per heavy atom. The van der Waals surface area contributed by atoms with Crippen molar-refractivity contribution in [2.45, 2.75) is 20.0 Å².